The van der Waals surface area contributed by atoms with Gasteiger partial charge in [0.1, 0.15) is 0 Å². The van der Waals surface area contributed by atoms with Crippen LogP contribution >= 0.6 is 23.4 Å². The number of thioether (sulfide) groups is 1. The number of amides is 2. The Labute approximate surface area is 225 Å². The van der Waals surface area contributed by atoms with E-state index < -0.39 is 34.6 Å². The Bertz CT molecular complexity index is 1440. The third-order valence-electron chi connectivity index (χ3n) is 5.24. The number of benzene rings is 3. The van der Waals surface area contributed by atoms with Crippen molar-refractivity contribution in [3.05, 3.63) is 87.9 Å². The molecule has 2 amide bonds. The molecule has 0 aliphatic heterocycles. The van der Waals surface area contributed by atoms with Gasteiger partial charge in [-0.3, -0.25) is 9.59 Å². The predicted octanol–water partition coefficient (Wildman–Crippen LogP) is 5.20. The fourth-order valence-corrected chi connectivity index (χ4v) is 4.59. The summed E-state index contributed by atoms with van der Waals surface area (Å²) in [5, 5.41) is 32.5. The molecule has 3 aromatic carbocycles. The van der Waals surface area contributed by atoms with E-state index in [9.17, 15) is 34.2 Å². The molecule has 38 heavy (non-hydrogen) atoms. The van der Waals surface area contributed by atoms with Crippen LogP contribution in [0.2, 0.25) is 5.02 Å². The normalized spacial score (nSPS) is 11.3. The first kappa shape index (κ1) is 28.2. The second-order valence-corrected chi connectivity index (χ2v) is 9.54. The van der Waals surface area contributed by atoms with Crippen LogP contribution in [-0.2, 0) is 4.79 Å². The summed E-state index contributed by atoms with van der Waals surface area (Å²) in [7, 11) is 0. The second kappa shape index (κ2) is 12.3. The van der Waals surface area contributed by atoms with E-state index in [2.05, 4.69) is 10.6 Å². The third kappa shape index (κ3) is 6.90. The minimum absolute atomic E-state index is 0.0454. The zero-order chi connectivity index (χ0) is 28.0. The topological polar surface area (TPSA) is 170 Å². The van der Waals surface area contributed by atoms with E-state index in [4.69, 9.17) is 16.7 Å². The first-order valence-electron chi connectivity index (χ1n) is 11.0. The molecular formula is C26H21ClN2O8S. The average Bonchev–Trinajstić information content (AvgIpc) is 2.87. The van der Waals surface area contributed by atoms with Crippen LogP contribution in [0.3, 0.4) is 0 Å². The maximum absolute atomic E-state index is 12.9. The van der Waals surface area contributed by atoms with Crippen molar-refractivity contribution in [2.75, 3.05) is 10.6 Å². The van der Waals surface area contributed by atoms with E-state index in [1.54, 1.807) is 24.3 Å². The number of carboxylic acids is 3. The summed E-state index contributed by atoms with van der Waals surface area (Å²) in [4.78, 5) is 60.3. The standard InChI is InChI=1S/C26H21ClN2O8S/c1-2-21(23(31)29-15-7-9-20(27)19(12-15)26(36)37)38-16-5-3-4-14(11-16)28-22(30)17-8-6-13(24(32)33)10-18(17)25(34)35/h3-12,21H,2H2,1H3,(H,28,30)(H,29,31)(H,32,33)(H,34,35)(H,36,37). The van der Waals surface area contributed by atoms with E-state index in [-0.39, 0.29) is 33.3 Å². The molecule has 3 aromatic rings. The minimum atomic E-state index is -1.45. The van der Waals surface area contributed by atoms with E-state index in [0.29, 0.717) is 17.0 Å². The SMILES string of the molecule is CCC(Sc1cccc(NC(=O)c2ccc(C(=O)O)cc2C(=O)O)c1)C(=O)Nc1ccc(Cl)c(C(=O)O)c1. The van der Waals surface area contributed by atoms with Gasteiger partial charge >= 0.3 is 17.9 Å². The number of carbonyl (C=O) groups excluding carboxylic acids is 2. The van der Waals surface area contributed by atoms with Gasteiger partial charge in [-0.1, -0.05) is 24.6 Å². The van der Waals surface area contributed by atoms with Gasteiger partial charge in [0.2, 0.25) is 5.91 Å². The Balaban J connectivity index is 1.74. The lowest BCUT2D eigenvalue weighted by atomic mass is 10.0. The molecule has 5 N–H and O–H groups in total. The molecule has 0 aromatic heterocycles. The zero-order valence-electron chi connectivity index (χ0n) is 19.7. The van der Waals surface area contributed by atoms with Crippen LogP contribution < -0.4 is 10.6 Å². The van der Waals surface area contributed by atoms with E-state index in [1.165, 1.54) is 30.0 Å². The van der Waals surface area contributed by atoms with Gasteiger partial charge in [0, 0.05) is 16.3 Å². The van der Waals surface area contributed by atoms with Crippen LogP contribution in [0.4, 0.5) is 11.4 Å². The van der Waals surface area contributed by atoms with Crippen LogP contribution in [0.15, 0.2) is 65.6 Å². The van der Waals surface area contributed by atoms with Gasteiger partial charge in [0.25, 0.3) is 5.91 Å². The summed E-state index contributed by atoms with van der Waals surface area (Å²) in [6.45, 7) is 1.81. The summed E-state index contributed by atoms with van der Waals surface area (Å²) in [5.74, 6) is -5.11. The number of anilines is 2. The molecule has 12 heteroatoms. The molecule has 0 spiro atoms. The molecule has 10 nitrogen and oxygen atoms in total. The summed E-state index contributed by atoms with van der Waals surface area (Å²) in [6, 6.07) is 13.9. The predicted molar refractivity (Wildman–Crippen MR) is 142 cm³/mol. The number of rotatable bonds is 10. The van der Waals surface area contributed by atoms with Crippen molar-refractivity contribution in [2.24, 2.45) is 0 Å². The van der Waals surface area contributed by atoms with Crippen LogP contribution in [-0.4, -0.2) is 50.3 Å². The van der Waals surface area contributed by atoms with Crippen molar-refractivity contribution in [3.8, 4) is 0 Å². The molecule has 0 saturated carbocycles. The van der Waals surface area contributed by atoms with Crippen molar-refractivity contribution >= 4 is 64.5 Å². The zero-order valence-corrected chi connectivity index (χ0v) is 21.3. The molecule has 0 aliphatic rings. The monoisotopic (exact) mass is 556 g/mol. The lowest BCUT2D eigenvalue weighted by molar-refractivity contribution is -0.115. The summed E-state index contributed by atoms with van der Waals surface area (Å²) >= 11 is 7.09. The van der Waals surface area contributed by atoms with Crippen LogP contribution in [0.5, 0.6) is 0 Å². The number of halogens is 1. The molecule has 1 atom stereocenters. The highest BCUT2D eigenvalue weighted by Gasteiger charge is 2.21. The Morgan fingerprint density at radius 3 is 2.11 bits per heavy atom. The molecule has 0 saturated heterocycles. The molecule has 1 unspecified atom stereocenters. The first-order valence-corrected chi connectivity index (χ1v) is 12.3. The van der Waals surface area contributed by atoms with Gasteiger partial charge in [0.15, 0.2) is 0 Å². The number of hydrogen-bond acceptors (Lipinski definition) is 6. The number of nitrogens with one attached hydrogen (secondary N) is 2. The number of carbonyl (C=O) groups is 5. The minimum Gasteiger partial charge on any atom is -0.478 e. The van der Waals surface area contributed by atoms with E-state index >= 15 is 0 Å². The lowest BCUT2D eigenvalue weighted by Crippen LogP contribution is -2.24. The number of carboxylic acid groups (broad SMARTS) is 3. The Morgan fingerprint density at radius 2 is 1.47 bits per heavy atom. The van der Waals surface area contributed by atoms with Crippen molar-refractivity contribution in [2.45, 2.75) is 23.5 Å². The molecular weight excluding hydrogens is 536 g/mol. The van der Waals surface area contributed by atoms with Crippen molar-refractivity contribution in [1.82, 2.24) is 0 Å². The maximum atomic E-state index is 12.9. The van der Waals surface area contributed by atoms with Gasteiger partial charge in [-0.05, 0) is 61.0 Å². The fraction of sp³-hybridized carbons (Fsp3) is 0.115. The van der Waals surface area contributed by atoms with Gasteiger partial charge < -0.3 is 26.0 Å². The van der Waals surface area contributed by atoms with Crippen molar-refractivity contribution in [1.29, 1.82) is 0 Å². The molecule has 0 aliphatic carbocycles. The van der Waals surface area contributed by atoms with Crippen LogP contribution in [0, 0.1) is 0 Å². The van der Waals surface area contributed by atoms with Crippen LogP contribution in [0.1, 0.15) is 54.8 Å². The number of aromatic carboxylic acids is 3. The van der Waals surface area contributed by atoms with Gasteiger partial charge in [0.05, 0.1) is 32.5 Å². The molecule has 0 fully saturated rings. The molecule has 0 heterocycles. The highest BCUT2D eigenvalue weighted by Crippen LogP contribution is 2.29. The fourth-order valence-electron chi connectivity index (χ4n) is 3.37. The van der Waals surface area contributed by atoms with Gasteiger partial charge in [-0.25, -0.2) is 14.4 Å². The summed E-state index contributed by atoms with van der Waals surface area (Å²) in [5.41, 5.74) is -0.465. The van der Waals surface area contributed by atoms with Crippen molar-refractivity contribution < 1.29 is 39.3 Å². The highest BCUT2D eigenvalue weighted by atomic mass is 35.5. The summed E-state index contributed by atoms with van der Waals surface area (Å²) in [6.07, 6.45) is 0.435. The van der Waals surface area contributed by atoms with Gasteiger partial charge in [-0.15, -0.1) is 11.8 Å². The van der Waals surface area contributed by atoms with Crippen molar-refractivity contribution in [3.63, 3.8) is 0 Å². The molecule has 0 bridgehead atoms. The lowest BCUT2D eigenvalue weighted by Gasteiger charge is -2.16. The second-order valence-electron chi connectivity index (χ2n) is 7.86. The third-order valence-corrected chi connectivity index (χ3v) is 6.93. The molecule has 3 rings (SSSR count). The van der Waals surface area contributed by atoms with Crippen LogP contribution in [0.25, 0.3) is 0 Å². The first-order chi connectivity index (χ1) is 18.0. The summed E-state index contributed by atoms with van der Waals surface area (Å²) < 4.78 is 0. The molecule has 196 valence electrons. The largest absolute Gasteiger partial charge is 0.478 e. The Hall–Kier alpha value is -4.35. The smallest absolute Gasteiger partial charge is 0.337 e. The van der Waals surface area contributed by atoms with Gasteiger partial charge in [-0.2, -0.15) is 0 Å². The highest BCUT2D eigenvalue weighted by molar-refractivity contribution is 8.00. The Morgan fingerprint density at radius 1 is 0.789 bits per heavy atom. The Kier molecular flexibility index (Phi) is 9.11. The quantitative estimate of drug-likeness (QED) is 0.211. The molecule has 0 radical (unpaired) electrons. The van der Waals surface area contributed by atoms with E-state index in [0.717, 1.165) is 18.2 Å². The average molecular weight is 557 g/mol. The number of hydrogen-bond donors (Lipinski definition) is 5. The van der Waals surface area contributed by atoms with E-state index in [1.807, 2.05) is 6.92 Å². The maximum Gasteiger partial charge on any atom is 0.337 e.